The van der Waals surface area contributed by atoms with Crippen LogP contribution in [0.5, 0.6) is 0 Å². The number of anilines is 1. The van der Waals surface area contributed by atoms with Crippen molar-refractivity contribution >= 4 is 11.7 Å². The summed E-state index contributed by atoms with van der Waals surface area (Å²) >= 11 is 0. The van der Waals surface area contributed by atoms with Crippen molar-refractivity contribution in [2.24, 2.45) is 5.92 Å². The molecule has 0 saturated carbocycles. The molecule has 1 atom stereocenters. The second-order valence-corrected chi connectivity index (χ2v) is 4.46. The summed E-state index contributed by atoms with van der Waals surface area (Å²) in [6.07, 6.45) is 1.15. The van der Waals surface area contributed by atoms with Crippen LogP contribution >= 0.6 is 0 Å². The highest BCUT2D eigenvalue weighted by Crippen LogP contribution is 2.14. The molecule has 0 bridgehead atoms. The zero-order valence-corrected chi connectivity index (χ0v) is 10.1. The standard InChI is InChI=1S/C11H19N5O/c1-2-16-4-3-8(7-16)6-13-11(17)9-5-10(12)15-14-9/h5,8H,2-4,6-7H2,1H3,(H,13,17)(H3,12,14,15). The molecule has 0 aliphatic carbocycles. The summed E-state index contributed by atoms with van der Waals surface area (Å²) in [6, 6.07) is 1.54. The van der Waals surface area contributed by atoms with Gasteiger partial charge in [-0.25, -0.2) is 0 Å². The second-order valence-electron chi connectivity index (χ2n) is 4.46. The first-order valence-corrected chi connectivity index (χ1v) is 6.00. The molecule has 2 heterocycles. The Morgan fingerprint density at radius 3 is 3.18 bits per heavy atom. The average Bonchev–Trinajstić information content (AvgIpc) is 2.94. The number of likely N-dealkylation sites (tertiary alicyclic amines) is 1. The Hall–Kier alpha value is -1.56. The third-order valence-electron chi connectivity index (χ3n) is 3.21. The van der Waals surface area contributed by atoms with Crippen molar-refractivity contribution in [2.45, 2.75) is 13.3 Å². The van der Waals surface area contributed by atoms with Crippen molar-refractivity contribution in [2.75, 3.05) is 31.9 Å². The number of aromatic amines is 1. The van der Waals surface area contributed by atoms with Gasteiger partial charge < -0.3 is 16.0 Å². The Morgan fingerprint density at radius 1 is 1.76 bits per heavy atom. The number of nitrogens with two attached hydrogens (primary N) is 1. The molecule has 0 aromatic carbocycles. The fourth-order valence-electron chi connectivity index (χ4n) is 2.15. The van der Waals surface area contributed by atoms with Gasteiger partial charge in [-0.05, 0) is 25.4 Å². The van der Waals surface area contributed by atoms with Gasteiger partial charge >= 0.3 is 0 Å². The highest BCUT2D eigenvalue weighted by molar-refractivity contribution is 5.92. The van der Waals surface area contributed by atoms with E-state index in [4.69, 9.17) is 5.73 Å². The van der Waals surface area contributed by atoms with Gasteiger partial charge in [0.2, 0.25) is 0 Å². The molecule has 1 aromatic heterocycles. The molecule has 2 rings (SSSR count). The predicted octanol–water partition coefficient (Wildman–Crippen LogP) is 0.0635. The van der Waals surface area contributed by atoms with Crippen LogP contribution in [-0.4, -0.2) is 47.2 Å². The minimum Gasteiger partial charge on any atom is -0.382 e. The molecule has 1 aliphatic rings. The number of hydrogen-bond acceptors (Lipinski definition) is 4. The lowest BCUT2D eigenvalue weighted by atomic mass is 10.1. The van der Waals surface area contributed by atoms with Crippen LogP contribution in [0.15, 0.2) is 6.07 Å². The van der Waals surface area contributed by atoms with Crippen LogP contribution in [0.1, 0.15) is 23.8 Å². The van der Waals surface area contributed by atoms with Crippen molar-refractivity contribution in [1.29, 1.82) is 0 Å². The SMILES string of the molecule is CCN1CCC(CNC(=O)c2cc(N)n[nH]2)C1. The fourth-order valence-corrected chi connectivity index (χ4v) is 2.15. The number of nitrogens with one attached hydrogen (secondary N) is 2. The molecule has 1 unspecified atom stereocenters. The zero-order chi connectivity index (χ0) is 12.3. The van der Waals surface area contributed by atoms with Crippen LogP contribution in [0.4, 0.5) is 5.82 Å². The van der Waals surface area contributed by atoms with Crippen LogP contribution in [0, 0.1) is 5.92 Å². The highest BCUT2D eigenvalue weighted by atomic mass is 16.1. The van der Waals surface area contributed by atoms with Crippen LogP contribution in [-0.2, 0) is 0 Å². The maximum absolute atomic E-state index is 11.7. The van der Waals surface area contributed by atoms with Crippen LogP contribution in [0.3, 0.4) is 0 Å². The summed E-state index contributed by atoms with van der Waals surface area (Å²) in [7, 11) is 0. The number of carbonyl (C=O) groups is 1. The van der Waals surface area contributed by atoms with Crippen molar-refractivity contribution < 1.29 is 4.79 Å². The van der Waals surface area contributed by atoms with E-state index >= 15 is 0 Å². The zero-order valence-electron chi connectivity index (χ0n) is 10.1. The third kappa shape index (κ3) is 2.97. The first kappa shape index (κ1) is 11.9. The Kier molecular flexibility index (Phi) is 3.63. The topological polar surface area (TPSA) is 87.0 Å². The van der Waals surface area contributed by atoms with E-state index in [1.807, 2.05) is 0 Å². The summed E-state index contributed by atoms with van der Waals surface area (Å²) in [5.74, 6) is 0.761. The van der Waals surface area contributed by atoms with Gasteiger partial charge in [0, 0.05) is 19.2 Å². The van der Waals surface area contributed by atoms with E-state index in [0.717, 1.165) is 26.1 Å². The fraction of sp³-hybridized carbons (Fsp3) is 0.636. The largest absolute Gasteiger partial charge is 0.382 e. The molecule has 1 amide bonds. The minimum atomic E-state index is -0.135. The average molecular weight is 237 g/mol. The van der Waals surface area contributed by atoms with E-state index in [1.54, 1.807) is 6.07 Å². The van der Waals surface area contributed by atoms with E-state index in [-0.39, 0.29) is 5.91 Å². The number of amides is 1. The Labute approximate surface area is 101 Å². The van der Waals surface area contributed by atoms with E-state index in [0.29, 0.717) is 24.0 Å². The van der Waals surface area contributed by atoms with Gasteiger partial charge in [0.1, 0.15) is 11.5 Å². The smallest absolute Gasteiger partial charge is 0.269 e. The van der Waals surface area contributed by atoms with E-state index in [1.165, 1.54) is 0 Å². The summed E-state index contributed by atoms with van der Waals surface area (Å²) in [6.45, 7) is 6.17. The summed E-state index contributed by atoms with van der Waals surface area (Å²) in [4.78, 5) is 14.1. The van der Waals surface area contributed by atoms with E-state index in [9.17, 15) is 4.79 Å². The second kappa shape index (κ2) is 5.18. The molecule has 1 aromatic rings. The first-order chi connectivity index (χ1) is 8.19. The van der Waals surface area contributed by atoms with Gasteiger partial charge in [0.15, 0.2) is 0 Å². The molecule has 1 aliphatic heterocycles. The molecule has 1 fully saturated rings. The van der Waals surface area contributed by atoms with Gasteiger partial charge in [-0.15, -0.1) is 0 Å². The van der Waals surface area contributed by atoms with Crippen molar-refractivity contribution in [3.8, 4) is 0 Å². The Bertz CT molecular complexity index is 389. The number of rotatable bonds is 4. The van der Waals surface area contributed by atoms with Crippen molar-refractivity contribution in [3.05, 3.63) is 11.8 Å². The number of H-pyrrole nitrogens is 1. The molecule has 6 nitrogen and oxygen atoms in total. The third-order valence-corrected chi connectivity index (χ3v) is 3.21. The maximum atomic E-state index is 11.7. The minimum absolute atomic E-state index is 0.135. The van der Waals surface area contributed by atoms with Crippen molar-refractivity contribution in [3.63, 3.8) is 0 Å². The van der Waals surface area contributed by atoms with Gasteiger partial charge in [-0.3, -0.25) is 9.89 Å². The summed E-state index contributed by atoms with van der Waals surface area (Å²) in [5.41, 5.74) is 5.87. The monoisotopic (exact) mass is 237 g/mol. The first-order valence-electron chi connectivity index (χ1n) is 6.00. The van der Waals surface area contributed by atoms with Gasteiger partial charge in [-0.1, -0.05) is 6.92 Å². The van der Waals surface area contributed by atoms with Gasteiger partial charge in [0.05, 0.1) is 0 Å². The lowest BCUT2D eigenvalue weighted by Crippen LogP contribution is -2.31. The van der Waals surface area contributed by atoms with Gasteiger partial charge in [0.25, 0.3) is 5.91 Å². The lowest BCUT2D eigenvalue weighted by molar-refractivity contribution is 0.0942. The van der Waals surface area contributed by atoms with Crippen LogP contribution in [0.2, 0.25) is 0 Å². The number of hydrogen-bond donors (Lipinski definition) is 3. The van der Waals surface area contributed by atoms with Gasteiger partial charge in [-0.2, -0.15) is 5.10 Å². The molecule has 6 heteroatoms. The normalized spacial score (nSPS) is 20.6. The van der Waals surface area contributed by atoms with Crippen LogP contribution in [0.25, 0.3) is 0 Å². The molecule has 0 spiro atoms. The lowest BCUT2D eigenvalue weighted by Gasteiger charge is -2.13. The van der Waals surface area contributed by atoms with E-state index in [2.05, 4.69) is 27.3 Å². The number of aromatic nitrogens is 2. The van der Waals surface area contributed by atoms with Crippen molar-refractivity contribution in [1.82, 2.24) is 20.4 Å². The maximum Gasteiger partial charge on any atom is 0.269 e. The molecule has 94 valence electrons. The molecule has 1 saturated heterocycles. The summed E-state index contributed by atoms with van der Waals surface area (Å²) < 4.78 is 0. The highest BCUT2D eigenvalue weighted by Gasteiger charge is 2.21. The predicted molar refractivity (Wildman–Crippen MR) is 65.6 cm³/mol. The molecule has 0 radical (unpaired) electrons. The number of nitrogens with zero attached hydrogens (tertiary/aromatic N) is 2. The van der Waals surface area contributed by atoms with Crippen LogP contribution < -0.4 is 11.1 Å². The van der Waals surface area contributed by atoms with E-state index < -0.39 is 0 Å². The Balaban J connectivity index is 1.77. The number of nitrogen functional groups attached to an aromatic ring is 1. The molecular weight excluding hydrogens is 218 g/mol. The Morgan fingerprint density at radius 2 is 2.59 bits per heavy atom. The molecular formula is C11H19N5O. The quantitative estimate of drug-likeness (QED) is 0.691. The summed E-state index contributed by atoms with van der Waals surface area (Å²) in [5, 5.41) is 9.24. The molecule has 4 N–H and O–H groups in total. The number of carbonyl (C=O) groups excluding carboxylic acids is 1. The molecule has 17 heavy (non-hydrogen) atoms.